The fraction of sp³-hybridized carbons (Fsp3) is 0.545. The fourth-order valence-electron chi connectivity index (χ4n) is 1.31. The van der Waals surface area contributed by atoms with Crippen molar-refractivity contribution >= 4 is 17.5 Å². The van der Waals surface area contributed by atoms with E-state index in [1.54, 1.807) is 6.07 Å². The lowest BCUT2D eigenvalue weighted by molar-refractivity contribution is -0.118. The normalized spacial score (nSPS) is 10.5. The van der Waals surface area contributed by atoms with Crippen LogP contribution in [0.3, 0.4) is 0 Å². The maximum atomic E-state index is 10.6. The van der Waals surface area contributed by atoms with Gasteiger partial charge in [-0.25, -0.2) is 9.97 Å². The summed E-state index contributed by atoms with van der Waals surface area (Å²) in [6, 6.07) is 1.68. The number of nitrogen functional groups attached to an aromatic ring is 1. The molecule has 0 saturated heterocycles. The average Bonchev–Trinajstić information content (AvgIpc) is 2.23. The van der Waals surface area contributed by atoms with Gasteiger partial charge in [0, 0.05) is 24.9 Å². The van der Waals surface area contributed by atoms with Gasteiger partial charge in [-0.15, -0.1) is 0 Å². The van der Waals surface area contributed by atoms with E-state index in [-0.39, 0.29) is 11.8 Å². The number of nitrogens with one attached hydrogen (secondary N) is 1. The topological polar surface area (TPSA) is 107 Å². The lowest BCUT2D eigenvalue weighted by Gasteiger charge is -2.09. The highest BCUT2D eigenvalue weighted by Gasteiger charge is 2.06. The number of carbonyl (C=O) groups is 1. The second kappa shape index (κ2) is 6.03. The molecular weight excluding hydrogens is 218 g/mol. The van der Waals surface area contributed by atoms with Crippen molar-refractivity contribution in [3.8, 4) is 0 Å². The Balaban J connectivity index is 2.55. The summed E-state index contributed by atoms with van der Waals surface area (Å²) in [5, 5.41) is 3.10. The van der Waals surface area contributed by atoms with Crippen molar-refractivity contribution in [1.29, 1.82) is 0 Å². The van der Waals surface area contributed by atoms with Gasteiger partial charge in [-0.3, -0.25) is 4.79 Å². The van der Waals surface area contributed by atoms with E-state index in [4.69, 9.17) is 11.5 Å². The molecule has 1 amide bonds. The number of rotatable bonds is 6. The molecule has 6 nitrogen and oxygen atoms in total. The summed E-state index contributed by atoms with van der Waals surface area (Å²) in [7, 11) is 0. The van der Waals surface area contributed by atoms with Crippen molar-refractivity contribution < 1.29 is 4.79 Å². The van der Waals surface area contributed by atoms with Crippen LogP contribution < -0.4 is 16.8 Å². The predicted molar refractivity (Wildman–Crippen MR) is 67.5 cm³/mol. The zero-order valence-electron chi connectivity index (χ0n) is 10.2. The Morgan fingerprint density at radius 2 is 2.18 bits per heavy atom. The largest absolute Gasteiger partial charge is 0.384 e. The Hall–Kier alpha value is -1.85. The third-order valence-corrected chi connectivity index (χ3v) is 2.19. The minimum absolute atomic E-state index is 0.227. The molecule has 1 heterocycles. The highest BCUT2D eigenvalue weighted by Crippen LogP contribution is 2.14. The molecule has 0 unspecified atom stereocenters. The summed E-state index contributed by atoms with van der Waals surface area (Å²) in [5.74, 6) is 1.77. The first kappa shape index (κ1) is 13.2. The Kier molecular flexibility index (Phi) is 4.68. The first-order valence-electron chi connectivity index (χ1n) is 5.65. The molecule has 0 atom stereocenters. The van der Waals surface area contributed by atoms with Crippen LogP contribution in [0.2, 0.25) is 0 Å². The Morgan fingerprint density at radius 1 is 1.47 bits per heavy atom. The molecule has 0 bridgehead atoms. The van der Waals surface area contributed by atoms with Gasteiger partial charge in [-0.05, 0) is 6.42 Å². The van der Waals surface area contributed by atoms with Gasteiger partial charge in [0.2, 0.25) is 5.91 Å². The van der Waals surface area contributed by atoms with Gasteiger partial charge in [0.25, 0.3) is 0 Å². The fourth-order valence-corrected chi connectivity index (χ4v) is 1.31. The van der Waals surface area contributed by atoms with Crippen molar-refractivity contribution in [1.82, 2.24) is 9.97 Å². The van der Waals surface area contributed by atoms with Crippen LogP contribution in [-0.2, 0) is 4.79 Å². The van der Waals surface area contributed by atoms with Crippen LogP contribution in [0.15, 0.2) is 6.07 Å². The summed E-state index contributed by atoms with van der Waals surface area (Å²) in [5.41, 5.74) is 10.7. The molecule has 0 aliphatic heterocycles. The molecule has 94 valence electrons. The molecule has 0 radical (unpaired) electrons. The van der Waals surface area contributed by atoms with Gasteiger partial charge in [-0.2, -0.15) is 0 Å². The molecule has 0 aliphatic rings. The monoisotopic (exact) mass is 237 g/mol. The van der Waals surface area contributed by atoms with Gasteiger partial charge >= 0.3 is 0 Å². The van der Waals surface area contributed by atoms with Crippen LogP contribution in [0.1, 0.15) is 38.4 Å². The van der Waals surface area contributed by atoms with Crippen molar-refractivity contribution in [2.45, 2.75) is 32.6 Å². The number of hydrogen-bond donors (Lipinski definition) is 3. The van der Waals surface area contributed by atoms with Crippen molar-refractivity contribution in [2.75, 3.05) is 17.6 Å². The van der Waals surface area contributed by atoms with Crippen LogP contribution in [0.4, 0.5) is 11.6 Å². The Bertz CT molecular complexity index is 391. The van der Waals surface area contributed by atoms with E-state index >= 15 is 0 Å². The number of hydrogen-bond acceptors (Lipinski definition) is 5. The molecule has 6 heteroatoms. The van der Waals surface area contributed by atoms with Crippen LogP contribution in [0.25, 0.3) is 0 Å². The summed E-state index contributed by atoms with van der Waals surface area (Å²) in [4.78, 5) is 19.0. The quantitative estimate of drug-likeness (QED) is 0.636. The smallest absolute Gasteiger partial charge is 0.217 e. The second-order valence-electron chi connectivity index (χ2n) is 4.19. The minimum Gasteiger partial charge on any atom is -0.384 e. The molecule has 0 spiro atoms. The molecule has 0 aliphatic carbocycles. The van der Waals surface area contributed by atoms with Crippen LogP contribution in [0, 0.1) is 0 Å². The number of carbonyl (C=O) groups excluding carboxylic acids is 1. The Labute approximate surface area is 101 Å². The van der Waals surface area contributed by atoms with Gasteiger partial charge < -0.3 is 16.8 Å². The third kappa shape index (κ3) is 4.67. The first-order chi connectivity index (χ1) is 7.99. The van der Waals surface area contributed by atoms with E-state index in [1.165, 1.54) is 0 Å². The minimum atomic E-state index is -0.295. The molecule has 0 aromatic carbocycles. The summed E-state index contributed by atoms with van der Waals surface area (Å²) in [6.45, 7) is 4.65. The predicted octanol–water partition coefficient (Wildman–Crippen LogP) is 0.860. The van der Waals surface area contributed by atoms with E-state index in [1.807, 2.05) is 13.8 Å². The Morgan fingerprint density at radius 3 is 2.76 bits per heavy atom. The highest BCUT2D eigenvalue weighted by atomic mass is 16.1. The van der Waals surface area contributed by atoms with Gasteiger partial charge in [0.05, 0.1) is 0 Å². The zero-order chi connectivity index (χ0) is 12.8. The van der Waals surface area contributed by atoms with Crippen LogP contribution in [0.5, 0.6) is 0 Å². The molecule has 0 fully saturated rings. The van der Waals surface area contributed by atoms with Crippen molar-refractivity contribution in [3.05, 3.63) is 11.9 Å². The van der Waals surface area contributed by atoms with E-state index in [0.717, 1.165) is 0 Å². The summed E-state index contributed by atoms with van der Waals surface area (Å²) in [6.07, 6.45) is 1.04. The van der Waals surface area contributed by atoms with E-state index in [0.29, 0.717) is 36.8 Å². The SMILES string of the molecule is CC(C)c1nc(N)cc(NCCCC(N)=O)n1. The van der Waals surface area contributed by atoms with E-state index < -0.39 is 0 Å². The number of amides is 1. The molecule has 1 rings (SSSR count). The lowest BCUT2D eigenvalue weighted by atomic mass is 10.2. The summed E-state index contributed by atoms with van der Waals surface area (Å²) >= 11 is 0. The number of anilines is 2. The van der Waals surface area contributed by atoms with Gasteiger partial charge in [0.1, 0.15) is 17.5 Å². The second-order valence-corrected chi connectivity index (χ2v) is 4.19. The molecule has 5 N–H and O–H groups in total. The first-order valence-corrected chi connectivity index (χ1v) is 5.65. The summed E-state index contributed by atoms with van der Waals surface area (Å²) < 4.78 is 0. The molecule has 1 aromatic rings. The molecular formula is C11H19N5O. The van der Waals surface area contributed by atoms with E-state index in [2.05, 4.69) is 15.3 Å². The maximum absolute atomic E-state index is 10.6. The van der Waals surface area contributed by atoms with Crippen LogP contribution >= 0.6 is 0 Å². The standard InChI is InChI=1S/C11H19N5O/c1-7(2)11-15-8(12)6-10(16-11)14-5-3-4-9(13)17/h6-7H,3-5H2,1-2H3,(H2,13,17)(H3,12,14,15,16). The van der Waals surface area contributed by atoms with E-state index in [9.17, 15) is 4.79 Å². The van der Waals surface area contributed by atoms with Crippen molar-refractivity contribution in [2.24, 2.45) is 5.73 Å². The van der Waals surface area contributed by atoms with Crippen molar-refractivity contribution in [3.63, 3.8) is 0 Å². The molecule has 17 heavy (non-hydrogen) atoms. The lowest BCUT2D eigenvalue weighted by Crippen LogP contribution is -2.13. The number of primary amides is 1. The maximum Gasteiger partial charge on any atom is 0.217 e. The van der Waals surface area contributed by atoms with Crippen LogP contribution in [-0.4, -0.2) is 22.4 Å². The average molecular weight is 237 g/mol. The third-order valence-electron chi connectivity index (χ3n) is 2.19. The number of aromatic nitrogens is 2. The molecule has 0 saturated carbocycles. The number of nitrogens with two attached hydrogens (primary N) is 2. The highest BCUT2D eigenvalue weighted by molar-refractivity contribution is 5.73. The number of nitrogens with zero attached hydrogens (tertiary/aromatic N) is 2. The van der Waals surface area contributed by atoms with Gasteiger partial charge in [0.15, 0.2) is 0 Å². The zero-order valence-corrected chi connectivity index (χ0v) is 10.2. The van der Waals surface area contributed by atoms with Gasteiger partial charge in [-0.1, -0.05) is 13.8 Å². The molecule has 1 aromatic heterocycles.